The van der Waals surface area contributed by atoms with Crippen molar-refractivity contribution in [3.8, 4) is 0 Å². The molecule has 0 saturated carbocycles. The molecule has 21 heavy (non-hydrogen) atoms. The Hall–Kier alpha value is -1.14. The Kier molecular flexibility index (Phi) is 4.88. The van der Waals surface area contributed by atoms with Gasteiger partial charge in [0, 0.05) is 20.9 Å². The Balaban J connectivity index is 2.26. The summed E-state index contributed by atoms with van der Waals surface area (Å²) in [6, 6.07) is 9.93. The minimum atomic E-state index is -4.41. The maximum Gasteiger partial charge on any atom is 0.416 e. The van der Waals surface area contributed by atoms with Gasteiger partial charge in [0.15, 0.2) is 5.78 Å². The van der Waals surface area contributed by atoms with Crippen LogP contribution in [0.4, 0.5) is 13.2 Å². The third-order valence-electron chi connectivity index (χ3n) is 2.85. The SMILES string of the molecule is O=C(Cc1cccc(C(F)(F)F)c1)c1cc(Br)ccc1Br. The first-order valence-electron chi connectivity index (χ1n) is 5.92. The average molecular weight is 422 g/mol. The first-order valence-corrected chi connectivity index (χ1v) is 7.50. The molecule has 6 heteroatoms. The summed E-state index contributed by atoms with van der Waals surface area (Å²) < 4.78 is 39.3. The van der Waals surface area contributed by atoms with E-state index in [-0.39, 0.29) is 12.2 Å². The average Bonchev–Trinajstić information content (AvgIpc) is 2.41. The van der Waals surface area contributed by atoms with Crippen molar-refractivity contribution in [3.05, 3.63) is 68.1 Å². The van der Waals surface area contributed by atoms with Crippen LogP contribution in [0.5, 0.6) is 0 Å². The second kappa shape index (κ2) is 6.32. The summed E-state index contributed by atoms with van der Waals surface area (Å²) in [5.41, 5.74) is 0.0181. The molecule has 1 nitrogen and oxygen atoms in total. The molecule has 0 fully saturated rings. The van der Waals surface area contributed by atoms with Crippen LogP contribution in [-0.2, 0) is 12.6 Å². The number of Topliss-reactive ketones (excluding diaryl/α,β-unsaturated/α-hetero) is 1. The number of carbonyl (C=O) groups is 1. The Morgan fingerprint density at radius 1 is 1.05 bits per heavy atom. The van der Waals surface area contributed by atoms with Gasteiger partial charge in [0.1, 0.15) is 0 Å². The molecule has 0 amide bonds. The fourth-order valence-corrected chi connectivity index (χ4v) is 2.68. The largest absolute Gasteiger partial charge is 0.416 e. The van der Waals surface area contributed by atoms with Gasteiger partial charge >= 0.3 is 6.18 Å². The third-order valence-corrected chi connectivity index (χ3v) is 4.03. The molecular weight excluding hydrogens is 413 g/mol. The van der Waals surface area contributed by atoms with Gasteiger partial charge in [0.05, 0.1) is 5.56 Å². The molecular formula is C15H9Br2F3O. The summed E-state index contributed by atoms with van der Waals surface area (Å²) in [5, 5.41) is 0. The van der Waals surface area contributed by atoms with Crippen molar-refractivity contribution in [1.29, 1.82) is 0 Å². The quantitative estimate of drug-likeness (QED) is 0.584. The highest BCUT2D eigenvalue weighted by atomic mass is 79.9. The molecule has 2 aromatic rings. The highest BCUT2D eigenvalue weighted by Crippen LogP contribution is 2.30. The third kappa shape index (κ3) is 4.17. The van der Waals surface area contributed by atoms with Crippen LogP contribution in [0.1, 0.15) is 21.5 Å². The lowest BCUT2D eigenvalue weighted by Crippen LogP contribution is -2.08. The molecule has 0 N–H and O–H groups in total. The highest BCUT2D eigenvalue weighted by Gasteiger charge is 2.30. The molecule has 0 spiro atoms. The molecule has 0 aliphatic heterocycles. The van der Waals surface area contributed by atoms with Gasteiger partial charge in [-0.2, -0.15) is 13.2 Å². The van der Waals surface area contributed by atoms with Crippen LogP contribution in [0.2, 0.25) is 0 Å². The molecule has 0 unspecified atom stereocenters. The van der Waals surface area contributed by atoms with Crippen molar-refractivity contribution in [1.82, 2.24) is 0 Å². The minimum Gasteiger partial charge on any atom is -0.294 e. The Bertz CT molecular complexity index is 681. The maximum absolute atomic E-state index is 12.6. The molecule has 0 aliphatic rings. The van der Waals surface area contributed by atoms with Crippen LogP contribution in [0.15, 0.2) is 51.4 Å². The van der Waals surface area contributed by atoms with E-state index in [0.717, 1.165) is 16.6 Å². The van der Waals surface area contributed by atoms with E-state index in [1.165, 1.54) is 12.1 Å². The van der Waals surface area contributed by atoms with Gasteiger partial charge < -0.3 is 0 Å². The van der Waals surface area contributed by atoms with Gasteiger partial charge in [-0.05, 0) is 29.8 Å². The molecule has 0 aliphatic carbocycles. The van der Waals surface area contributed by atoms with Crippen LogP contribution in [0.25, 0.3) is 0 Å². The predicted molar refractivity (Wildman–Crippen MR) is 81.3 cm³/mol. The van der Waals surface area contributed by atoms with Crippen molar-refractivity contribution in [3.63, 3.8) is 0 Å². The van der Waals surface area contributed by atoms with Crippen LogP contribution >= 0.6 is 31.9 Å². The molecule has 0 bridgehead atoms. The number of hydrogen-bond acceptors (Lipinski definition) is 1. The topological polar surface area (TPSA) is 17.1 Å². The molecule has 0 heterocycles. The number of ketones is 1. The molecule has 0 radical (unpaired) electrons. The predicted octanol–water partition coefficient (Wildman–Crippen LogP) is 5.66. The van der Waals surface area contributed by atoms with E-state index in [0.29, 0.717) is 15.6 Å². The highest BCUT2D eigenvalue weighted by molar-refractivity contribution is 9.11. The van der Waals surface area contributed by atoms with E-state index >= 15 is 0 Å². The summed E-state index contributed by atoms with van der Waals surface area (Å²) in [6.45, 7) is 0. The van der Waals surface area contributed by atoms with E-state index in [1.54, 1.807) is 18.2 Å². The zero-order valence-electron chi connectivity index (χ0n) is 10.5. The van der Waals surface area contributed by atoms with Crippen LogP contribution in [-0.4, -0.2) is 5.78 Å². The smallest absolute Gasteiger partial charge is 0.294 e. The fourth-order valence-electron chi connectivity index (χ4n) is 1.85. The Morgan fingerprint density at radius 2 is 1.76 bits per heavy atom. The van der Waals surface area contributed by atoms with Crippen LogP contribution < -0.4 is 0 Å². The van der Waals surface area contributed by atoms with Gasteiger partial charge in [-0.1, -0.05) is 50.1 Å². The van der Waals surface area contributed by atoms with E-state index < -0.39 is 11.7 Å². The van der Waals surface area contributed by atoms with Gasteiger partial charge in [0.25, 0.3) is 0 Å². The van der Waals surface area contributed by atoms with Crippen molar-refractivity contribution in [2.24, 2.45) is 0 Å². The Morgan fingerprint density at radius 3 is 2.43 bits per heavy atom. The zero-order valence-corrected chi connectivity index (χ0v) is 13.7. The number of carbonyl (C=O) groups excluding carboxylic acids is 1. The summed E-state index contributed by atoms with van der Waals surface area (Å²) in [7, 11) is 0. The molecule has 2 aromatic carbocycles. The summed E-state index contributed by atoms with van der Waals surface area (Å²) in [4.78, 5) is 12.2. The monoisotopic (exact) mass is 420 g/mol. The molecule has 110 valence electrons. The van der Waals surface area contributed by atoms with Crippen molar-refractivity contribution >= 4 is 37.6 Å². The second-order valence-corrected chi connectivity index (χ2v) is 6.19. The first kappa shape index (κ1) is 16.2. The molecule has 0 saturated heterocycles. The number of hydrogen-bond donors (Lipinski definition) is 0. The van der Waals surface area contributed by atoms with E-state index in [9.17, 15) is 18.0 Å². The number of halogens is 5. The lowest BCUT2D eigenvalue weighted by molar-refractivity contribution is -0.137. The normalized spacial score (nSPS) is 11.5. The summed E-state index contributed by atoms with van der Waals surface area (Å²) in [5.74, 6) is -0.248. The fraction of sp³-hybridized carbons (Fsp3) is 0.133. The van der Waals surface area contributed by atoms with Crippen molar-refractivity contribution < 1.29 is 18.0 Å². The molecule has 0 aromatic heterocycles. The lowest BCUT2D eigenvalue weighted by atomic mass is 10.0. The lowest BCUT2D eigenvalue weighted by Gasteiger charge is -2.09. The number of rotatable bonds is 3. The number of alkyl halides is 3. The Labute approximate surface area is 136 Å². The van der Waals surface area contributed by atoms with Gasteiger partial charge in [-0.25, -0.2) is 0 Å². The maximum atomic E-state index is 12.6. The van der Waals surface area contributed by atoms with Crippen LogP contribution in [0, 0.1) is 0 Å². The second-order valence-electron chi connectivity index (χ2n) is 4.42. The van der Waals surface area contributed by atoms with E-state index in [2.05, 4.69) is 31.9 Å². The van der Waals surface area contributed by atoms with E-state index in [1.807, 2.05) is 0 Å². The van der Waals surface area contributed by atoms with E-state index in [4.69, 9.17) is 0 Å². The van der Waals surface area contributed by atoms with Crippen molar-refractivity contribution in [2.45, 2.75) is 12.6 Å². The minimum absolute atomic E-state index is 0.0844. The van der Waals surface area contributed by atoms with Crippen LogP contribution in [0.3, 0.4) is 0 Å². The van der Waals surface area contributed by atoms with Gasteiger partial charge in [0.2, 0.25) is 0 Å². The standard InChI is InChI=1S/C15H9Br2F3O/c16-11-4-5-13(17)12(8-11)14(21)7-9-2-1-3-10(6-9)15(18,19)20/h1-6,8H,7H2. The summed E-state index contributed by atoms with van der Waals surface area (Å²) in [6.07, 6.45) is -4.49. The van der Waals surface area contributed by atoms with Gasteiger partial charge in [-0.15, -0.1) is 0 Å². The summed E-state index contributed by atoms with van der Waals surface area (Å²) >= 11 is 6.53. The number of benzene rings is 2. The zero-order chi connectivity index (χ0) is 15.6. The molecule has 2 rings (SSSR count). The van der Waals surface area contributed by atoms with Gasteiger partial charge in [-0.3, -0.25) is 4.79 Å². The first-order chi connectivity index (χ1) is 9.77. The molecule has 0 atom stereocenters. The van der Waals surface area contributed by atoms with Crippen molar-refractivity contribution in [2.75, 3.05) is 0 Å².